The highest BCUT2D eigenvalue weighted by molar-refractivity contribution is 5.37. The molecule has 82 valence electrons. The van der Waals surface area contributed by atoms with Gasteiger partial charge in [0.1, 0.15) is 11.6 Å². The fourth-order valence-corrected chi connectivity index (χ4v) is 1.24. The Morgan fingerprint density at radius 3 is 2.27 bits per heavy atom. The van der Waals surface area contributed by atoms with Crippen LogP contribution < -0.4 is 0 Å². The Kier molecular flexibility index (Phi) is 3.31. The lowest BCUT2D eigenvalue weighted by molar-refractivity contribution is -0.385. The molecule has 0 bridgehead atoms. The van der Waals surface area contributed by atoms with Crippen molar-refractivity contribution < 1.29 is 18.8 Å². The predicted molar refractivity (Wildman–Crippen MR) is 48.5 cm³/mol. The van der Waals surface area contributed by atoms with Crippen LogP contribution in [0.2, 0.25) is 0 Å². The molecule has 0 aliphatic heterocycles. The Labute approximate surface area is 84.3 Å². The van der Waals surface area contributed by atoms with Gasteiger partial charge in [0.05, 0.1) is 17.1 Å². The minimum atomic E-state index is -1.01. The summed E-state index contributed by atoms with van der Waals surface area (Å²) in [6.45, 7) is 0.999. The van der Waals surface area contributed by atoms with Crippen molar-refractivity contribution in [3.8, 4) is 0 Å². The summed E-state index contributed by atoms with van der Waals surface area (Å²) in [5.74, 6) is -2.75. The number of nitrogens with zero attached hydrogens (tertiary/aromatic N) is 1. The number of halogens is 2. The van der Waals surface area contributed by atoms with E-state index in [1.54, 1.807) is 0 Å². The second-order valence-electron chi connectivity index (χ2n) is 3.16. The summed E-state index contributed by atoms with van der Waals surface area (Å²) in [5, 5.41) is 19.0. The molecule has 0 aliphatic rings. The molecule has 0 saturated carbocycles. The van der Waals surface area contributed by atoms with E-state index in [1.807, 2.05) is 0 Å². The van der Waals surface area contributed by atoms with Gasteiger partial charge in [-0.2, -0.15) is 0 Å². The van der Waals surface area contributed by atoms with Crippen LogP contribution in [0.15, 0.2) is 12.1 Å². The van der Waals surface area contributed by atoms with Gasteiger partial charge in [0.25, 0.3) is 5.69 Å². The van der Waals surface area contributed by atoms with Crippen molar-refractivity contribution in [3.63, 3.8) is 0 Å². The van der Waals surface area contributed by atoms with Gasteiger partial charge in [-0.1, -0.05) is 6.92 Å². The average molecular weight is 217 g/mol. The van der Waals surface area contributed by atoms with Gasteiger partial charge in [-0.05, 0) is 0 Å². The van der Waals surface area contributed by atoms with Crippen LogP contribution in [0.1, 0.15) is 18.4 Å². The molecule has 6 heteroatoms. The molecule has 0 radical (unpaired) electrons. The maximum absolute atomic E-state index is 13.3. The zero-order valence-corrected chi connectivity index (χ0v) is 7.91. The molecule has 4 nitrogen and oxygen atoms in total. The summed E-state index contributed by atoms with van der Waals surface area (Å²) in [4.78, 5) is 9.40. The number of nitro benzene ring substituents is 1. The standard InChI is InChI=1S/C9H9F2NO3/c1-5(4-13)9-7(10)2-6(12(14)15)3-8(9)11/h2-3,5,13H,4H2,1H3/t5-/m0/s1. The number of nitro groups is 1. The van der Waals surface area contributed by atoms with E-state index >= 15 is 0 Å². The Hall–Kier alpha value is -1.56. The first-order valence-electron chi connectivity index (χ1n) is 4.21. The van der Waals surface area contributed by atoms with Crippen LogP contribution >= 0.6 is 0 Å². The molecule has 1 atom stereocenters. The molecule has 1 aromatic carbocycles. The molecule has 0 aliphatic carbocycles. The second kappa shape index (κ2) is 4.31. The molecule has 1 rings (SSSR count). The Bertz CT molecular complexity index is 372. The number of aliphatic hydroxyl groups excluding tert-OH is 1. The quantitative estimate of drug-likeness (QED) is 0.621. The highest BCUT2D eigenvalue weighted by Crippen LogP contribution is 2.26. The third kappa shape index (κ3) is 2.27. The number of rotatable bonds is 3. The van der Waals surface area contributed by atoms with Crippen LogP contribution in [0.25, 0.3) is 0 Å². The molecule has 0 spiro atoms. The number of hydrogen-bond donors (Lipinski definition) is 1. The number of non-ortho nitro benzene ring substituents is 1. The van der Waals surface area contributed by atoms with Crippen LogP contribution in [-0.4, -0.2) is 16.6 Å². The predicted octanol–water partition coefficient (Wildman–Crippen LogP) is 1.97. The van der Waals surface area contributed by atoms with Crippen molar-refractivity contribution in [1.29, 1.82) is 0 Å². The van der Waals surface area contributed by atoms with Crippen molar-refractivity contribution >= 4 is 5.69 Å². The van der Waals surface area contributed by atoms with Crippen molar-refractivity contribution in [1.82, 2.24) is 0 Å². The smallest absolute Gasteiger partial charge is 0.275 e. The van der Waals surface area contributed by atoms with Gasteiger partial charge in [-0.15, -0.1) is 0 Å². The van der Waals surface area contributed by atoms with Crippen LogP contribution in [0.5, 0.6) is 0 Å². The van der Waals surface area contributed by atoms with Gasteiger partial charge in [0.2, 0.25) is 0 Å². The Morgan fingerprint density at radius 2 is 1.93 bits per heavy atom. The molecule has 0 amide bonds. The van der Waals surface area contributed by atoms with E-state index in [4.69, 9.17) is 5.11 Å². The Balaban J connectivity index is 3.27. The molecular formula is C9H9F2NO3. The summed E-state index contributed by atoms with van der Waals surface area (Å²) in [6.07, 6.45) is 0. The molecule has 1 aromatic rings. The van der Waals surface area contributed by atoms with Crippen molar-refractivity contribution in [3.05, 3.63) is 39.4 Å². The lowest BCUT2D eigenvalue weighted by Crippen LogP contribution is -2.06. The lowest BCUT2D eigenvalue weighted by Gasteiger charge is -2.10. The average Bonchev–Trinajstić information content (AvgIpc) is 2.16. The first-order chi connectivity index (χ1) is 6.97. The first-order valence-corrected chi connectivity index (χ1v) is 4.21. The van der Waals surface area contributed by atoms with Crippen molar-refractivity contribution in [2.75, 3.05) is 6.61 Å². The molecule has 0 heterocycles. The lowest BCUT2D eigenvalue weighted by atomic mass is 10.0. The van der Waals surface area contributed by atoms with E-state index in [2.05, 4.69) is 0 Å². The molecule has 15 heavy (non-hydrogen) atoms. The molecule has 0 unspecified atom stereocenters. The van der Waals surface area contributed by atoms with Crippen LogP contribution in [0, 0.1) is 21.7 Å². The third-order valence-corrected chi connectivity index (χ3v) is 2.04. The largest absolute Gasteiger partial charge is 0.396 e. The first kappa shape index (κ1) is 11.5. The molecule has 1 N–H and O–H groups in total. The van der Waals surface area contributed by atoms with Crippen LogP contribution in [0.3, 0.4) is 0 Å². The zero-order chi connectivity index (χ0) is 11.6. The minimum Gasteiger partial charge on any atom is -0.396 e. The van der Waals surface area contributed by atoms with Crippen LogP contribution in [-0.2, 0) is 0 Å². The monoisotopic (exact) mass is 217 g/mol. The van der Waals surface area contributed by atoms with Gasteiger partial charge in [0.15, 0.2) is 0 Å². The van der Waals surface area contributed by atoms with E-state index < -0.39 is 34.8 Å². The van der Waals surface area contributed by atoms with Crippen molar-refractivity contribution in [2.45, 2.75) is 12.8 Å². The van der Waals surface area contributed by atoms with E-state index in [9.17, 15) is 18.9 Å². The van der Waals surface area contributed by atoms with Gasteiger partial charge >= 0.3 is 0 Å². The Morgan fingerprint density at radius 1 is 1.47 bits per heavy atom. The molecule has 0 fully saturated rings. The number of aliphatic hydroxyl groups is 1. The van der Waals surface area contributed by atoms with Gasteiger partial charge in [-0.3, -0.25) is 10.1 Å². The zero-order valence-electron chi connectivity index (χ0n) is 7.91. The topological polar surface area (TPSA) is 63.4 Å². The highest BCUT2D eigenvalue weighted by atomic mass is 19.1. The van der Waals surface area contributed by atoms with Gasteiger partial charge in [0, 0.05) is 18.1 Å². The summed E-state index contributed by atoms with van der Waals surface area (Å²) >= 11 is 0. The number of hydrogen-bond acceptors (Lipinski definition) is 3. The van der Waals surface area contributed by atoms with Crippen molar-refractivity contribution in [2.24, 2.45) is 0 Å². The van der Waals surface area contributed by atoms with Crippen LogP contribution in [0.4, 0.5) is 14.5 Å². The fraction of sp³-hybridized carbons (Fsp3) is 0.333. The molecule has 0 aromatic heterocycles. The van der Waals surface area contributed by atoms with Gasteiger partial charge in [-0.25, -0.2) is 8.78 Å². The SMILES string of the molecule is C[C@@H](CO)c1c(F)cc([N+](=O)[O-])cc1F. The van der Waals surface area contributed by atoms with E-state index in [0.29, 0.717) is 12.1 Å². The summed E-state index contributed by atoms with van der Waals surface area (Å²) < 4.78 is 26.5. The van der Waals surface area contributed by atoms with E-state index in [-0.39, 0.29) is 5.56 Å². The third-order valence-electron chi connectivity index (χ3n) is 2.04. The van der Waals surface area contributed by atoms with E-state index in [0.717, 1.165) is 0 Å². The summed E-state index contributed by atoms with van der Waals surface area (Å²) in [7, 11) is 0. The molecule has 0 saturated heterocycles. The van der Waals surface area contributed by atoms with E-state index in [1.165, 1.54) is 6.92 Å². The summed E-state index contributed by atoms with van der Waals surface area (Å²) in [5.41, 5.74) is -0.970. The van der Waals surface area contributed by atoms with Gasteiger partial charge < -0.3 is 5.11 Å². The normalized spacial score (nSPS) is 12.5. The maximum Gasteiger partial charge on any atom is 0.275 e. The summed E-state index contributed by atoms with van der Waals surface area (Å²) in [6, 6.07) is 1.29. The second-order valence-corrected chi connectivity index (χ2v) is 3.16. The maximum atomic E-state index is 13.3. The highest BCUT2D eigenvalue weighted by Gasteiger charge is 2.20. The molecular weight excluding hydrogens is 208 g/mol. The fourth-order valence-electron chi connectivity index (χ4n) is 1.24. The number of benzene rings is 1. The minimum absolute atomic E-state index is 0.330.